The SMILES string of the molecule is CCCCOc1cc(/C=C(/OC)C(=O)O)ccc1OCCc1ccc(N(C)C(=O)c2ccccc2)cc1. The molecule has 0 unspecified atom stereocenters. The van der Waals surface area contributed by atoms with Crippen LogP contribution in [-0.4, -0.2) is 44.4 Å². The summed E-state index contributed by atoms with van der Waals surface area (Å²) < 4.78 is 16.9. The lowest BCUT2D eigenvalue weighted by molar-refractivity contribution is -0.135. The summed E-state index contributed by atoms with van der Waals surface area (Å²) in [6.07, 6.45) is 4.00. The molecule has 0 saturated heterocycles. The van der Waals surface area contributed by atoms with Crippen LogP contribution >= 0.6 is 0 Å². The van der Waals surface area contributed by atoms with Gasteiger partial charge >= 0.3 is 5.97 Å². The quantitative estimate of drug-likeness (QED) is 0.179. The fourth-order valence-corrected chi connectivity index (χ4v) is 3.59. The standard InChI is InChI=1S/C30H33NO6/c1-4-5-18-36-27-20-23(21-28(35-3)30(33)34)13-16-26(27)37-19-17-22-11-14-25(15-12-22)31(2)29(32)24-9-7-6-8-10-24/h6-16,20-21H,4-5,17-19H2,1-3H3,(H,33,34)/b28-21+. The van der Waals surface area contributed by atoms with Crippen molar-refractivity contribution in [1.29, 1.82) is 0 Å². The summed E-state index contributed by atoms with van der Waals surface area (Å²) in [7, 11) is 3.08. The molecule has 0 aliphatic heterocycles. The summed E-state index contributed by atoms with van der Waals surface area (Å²) >= 11 is 0. The molecule has 3 aromatic rings. The maximum Gasteiger partial charge on any atom is 0.371 e. The highest BCUT2D eigenvalue weighted by atomic mass is 16.5. The number of carboxylic acids is 1. The average Bonchev–Trinajstić information content (AvgIpc) is 2.92. The topological polar surface area (TPSA) is 85.3 Å². The fraction of sp³-hybridized carbons (Fsp3) is 0.267. The predicted molar refractivity (Wildman–Crippen MR) is 144 cm³/mol. The summed E-state index contributed by atoms with van der Waals surface area (Å²) in [5, 5.41) is 9.21. The molecule has 7 heteroatoms. The molecular formula is C30H33NO6. The van der Waals surface area contributed by atoms with E-state index in [0.717, 1.165) is 24.1 Å². The number of carbonyl (C=O) groups is 2. The summed E-state index contributed by atoms with van der Waals surface area (Å²) in [5.74, 6) is -0.219. The van der Waals surface area contributed by atoms with Gasteiger partial charge in [0.25, 0.3) is 5.91 Å². The molecule has 7 nitrogen and oxygen atoms in total. The van der Waals surface area contributed by atoms with E-state index in [4.69, 9.17) is 14.2 Å². The van der Waals surface area contributed by atoms with Gasteiger partial charge in [-0.25, -0.2) is 4.79 Å². The van der Waals surface area contributed by atoms with Crippen LogP contribution in [0, 0.1) is 0 Å². The van der Waals surface area contributed by atoms with Crippen LogP contribution in [0.25, 0.3) is 6.08 Å². The second-order valence-corrected chi connectivity index (χ2v) is 8.42. The first-order valence-electron chi connectivity index (χ1n) is 12.2. The van der Waals surface area contributed by atoms with E-state index in [0.29, 0.717) is 42.3 Å². The number of aliphatic carboxylic acids is 1. The lowest BCUT2D eigenvalue weighted by Crippen LogP contribution is -2.26. The Morgan fingerprint density at radius 1 is 0.919 bits per heavy atom. The lowest BCUT2D eigenvalue weighted by Gasteiger charge is -2.18. The number of unbranched alkanes of at least 4 members (excludes halogenated alkanes) is 1. The molecule has 3 aromatic carbocycles. The van der Waals surface area contributed by atoms with Crippen molar-refractivity contribution in [2.75, 3.05) is 32.3 Å². The molecule has 0 heterocycles. The molecule has 0 aromatic heterocycles. The van der Waals surface area contributed by atoms with Crippen molar-refractivity contribution in [2.45, 2.75) is 26.2 Å². The van der Waals surface area contributed by atoms with Crippen LogP contribution in [0.2, 0.25) is 0 Å². The number of hydrogen-bond acceptors (Lipinski definition) is 5. The van der Waals surface area contributed by atoms with E-state index in [2.05, 4.69) is 6.92 Å². The number of carbonyl (C=O) groups excluding carboxylic acids is 1. The smallest absolute Gasteiger partial charge is 0.371 e. The zero-order valence-corrected chi connectivity index (χ0v) is 21.5. The Morgan fingerprint density at radius 3 is 2.27 bits per heavy atom. The number of anilines is 1. The minimum atomic E-state index is -1.14. The molecule has 0 fully saturated rings. The van der Waals surface area contributed by atoms with Gasteiger partial charge in [-0.15, -0.1) is 0 Å². The molecule has 0 aliphatic rings. The Labute approximate surface area is 217 Å². The maximum absolute atomic E-state index is 12.7. The highest BCUT2D eigenvalue weighted by molar-refractivity contribution is 6.05. The van der Waals surface area contributed by atoms with Crippen LogP contribution in [0.4, 0.5) is 5.69 Å². The van der Waals surface area contributed by atoms with Crippen LogP contribution < -0.4 is 14.4 Å². The molecule has 0 saturated carbocycles. The summed E-state index contributed by atoms with van der Waals surface area (Å²) in [6, 6.07) is 22.3. The van der Waals surface area contributed by atoms with Gasteiger partial charge in [0.1, 0.15) is 0 Å². The molecule has 0 aliphatic carbocycles. The number of methoxy groups -OCH3 is 1. The average molecular weight is 504 g/mol. The molecular weight excluding hydrogens is 470 g/mol. The van der Waals surface area contributed by atoms with Gasteiger partial charge in [0.15, 0.2) is 11.5 Å². The van der Waals surface area contributed by atoms with Crippen molar-refractivity contribution in [3.8, 4) is 11.5 Å². The van der Waals surface area contributed by atoms with Crippen LogP contribution in [0.1, 0.15) is 41.3 Å². The van der Waals surface area contributed by atoms with Gasteiger partial charge < -0.3 is 24.2 Å². The summed E-state index contributed by atoms with van der Waals surface area (Å²) in [4.78, 5) is 25.6. The van der Waals surface area contributed by atoms with Gasteiger partial charge in [0, 0.05) is 24.7 Å². The highest BCUT2D eigenvalue weighted by Gasteiger charge is 2.13. The van der Waals surface area contributed by atoms with E-state index in [1.807, 2.05) is 42.5 Å². The normalized spacial score (nSPS) is 11.1. The van der Waals surface area contributed by atoms with E-state index >= 15 is 0 Å². The van der Waals surface area contributed by atoms with E-state index in [9.17, 15) is 14.7 Å². The second kappa shape index (κ2) is 13.7. The largest absolute Gasteiger partial charge is 0.490 e. The van der Waals surface area contributed by atoms with Crippen molar-refractivity contribution in [3.63, 3.8) is 0 Å². The Bertz CT molecular complexity index is 1200. The van der Waals surface area contributed by atoms with Crippen LogP contribution in [0.3, 0.4) is 0 Å². The van der Waals surface area contributed by atoms with Gasteiger partial charge in [0.05, 0.1) is 20.3 Å². The third-order valence-electron chi connectivity index (χ3n) is 5.75. The van der Waals surface area contributed by atoms with Gasteiger partial charge in [-0.2, -0.15) is 0 Å². The minimum absolute atomic E-state index is 0.0634. The van der Waals surface area contributed by atoms with E-state index in [-0.39, 0.29) is 11.7 Å². The molecule has 37 heavy (non-hydrogen) atoms. The Morgan fingerprint density at radius 2 is 1.62 bits per heavy atom. The van der Waals surface area contributed by atoms with Crippen molar-refractivity contribution in [3.05, 3.63) is 95.2 Å². The van der Waals surface area contributed by atoms with Crippen molar-refractivity contribution in [2.24, 2.45) is 0 Å². The number of amides is 1. The lowest BCUT2D eigenvalue weighted by atomic mass is 10.1. The van der Waals surface area contributed by atoms with Gasteiger partial charge in [-0.3, -0.25) is 4.79 Å². The third-order valence-corrected chi connectivity index (χ3v) is 5.75. The Kier molecular flexibility index (Phi) is 10.1. The van der Waals surface area contributed by atoms with Crippen LogP contribution in [0.15, 0.2) is 78.6 Å². The molecule has 0 atom stereocenters. The second-order valence-electron chi connectivity index (χ2n) is 8.42. The monoisotopic (exact) mass is 503 g/mol. The third kappa shape index (κ3) is 7.87. The number of carboxylic acid groups (broad SMARTS) is 1. The summed E-state index contributed by atoms with van der Waals surface area (Å²) in [6.45, 7) is 3.04. The number of ether oxygens (including phenoxy) is 3. The van der Waals surface area contributed by atoms with E-state index in [1.165, 1.54) is 13.2 Å². The van der Waals surface area contributed by atoms with Crippen molar-refractivity contribution < 1.29 is 28.9 Å². The van der Waals surface area contributed by atoms with Gasteiger partial charge in [0.2, 0.25) is 5.76 Å². The Hall–Kier alpha value is -4.26. The van der Waals surface area contributed by atoms with Gasteiger partial charge in [-0.1, -0.05) is 49.7 Å². The molecule has 3 rings (SSSR count). The van der Waals surface area contributed by atoms with E-state index < -0.39 is 5.97 Å². The number of benzene rings is 3. The molecule has 0 bridgehead atoms. The number of nitrogens with zero attached hydrogens (tertiary/aromatic N) is 1. The zero-order chi connectivity index (χ0) is 26.6. The van der Waals surface area contributed by atoms with Crippen LogP contribution in [0.5, 0.6) is 11.5 Å². The predicted octanol–water partition coefficient (Wildman–Crippen LogP) is 5.84. The first-order valence-corrected chi connectivity index (χ1v) is 12.2. The van der Waals surface area contributed by atoms with Crippen molar-refractivity contribution >= 4 is 23.6 Å². The number of hydrogen-bond donors (Lipinski definition) is 1. The molecule has 0 radical (unpaired) electrons. The van der Waals surface area contributed by atoms with Crippen molar-refractivity contribution in [1.82, 2.24) is 0 Å². The fourth-order valence-electron chi connectivity index (χ4n) is 3.59. The van der Waals surface area contributed by atoms with Crippen LogP contribution in [-0.2, 0) is 16.0 Å². The zero-order valence-electron chi connectivity index (χ0n) is 21.5. The molecule has 194 valence electrons. The first-order chi connectivity index (χ1) is 17.9. The molecule has 1 N–H and O–H groups in total. The molecule has 0 spiro atoms. The van der Waals surface area contributed by atoms with E-state index in [1.54, 1.807) is 42.3 Å². The highest BCUT2D eigenvalue weighted by Crippen LogP contribution is 2.30. The summed E-state index contributed by atoms with van der Waals surface area (Å²) in [5.41, 5.74) is 3.17. The Balaban J connectivity index is 1.64. The van der Waals surface area contributed by atoms with Gasteiger partial charge in [-0.05, 0) is 60.0 Å². The molecule has 1 amide bonds. The minimum Gasteiger partial charge on any atom is -0.490 e. The maximum atomic E-state index is 12.7. The first kappa shape index (κ1) is 27.3. The number of rotatable bonds is 13.